The molecule has 0 unspecified atom stereocenters. The van der Waals surface area contributed by atoms with Crippen LogP contribution in [-0.4, -0.2) is 36.9 Å². The molecular formula is C14H15BrN2O3S2. The van der Waals surface area contributed by atoms with Crippen LogP contribution in [0.25, 0.3) is 0 Å². The Morgan fingerprint density at radius 2 is 2.00 bits per heavy atom. The number of thiophene rings is 1. The second-order valence-corrected chi connectivity index (χ2v) is 9.58. The quantitative estimate of drug-likeness (QED) is 0.787. The van der Waals surface area contributed by atoms with Crippen molar-refractivity contribution in [3.05, 3.63) is 40.3 Å². The molecule has 0 atom stereocenters. The van der Waals surface area contributed by atoms with Crippen molar-refractivity contribution < 1.29 is 13.2 Å². The number of aromatic nitrogens is 1. The van der Waals surface area contributed by atoms with E-state index in [2.05, 4.69) is 20.9 Å². The van der Waals surface area contributed by atoms with Crippen LogP contribution in [-0.2, 0) is 10.0 Å². The van der Waals surface area contributed by atoms with E-state index in [4.69, 9.17) is 4.74 Å². The van der Waals surface area contributed by atoms with E-state index in [1.165, 1.54) is 15.6 Å². The fraction of sp³-hybridized carbons (Fsp3) is 0.357. The van der Waals surface area contributed by atoms with Crippen LogP contribution in [0, 0.1) is 0 Å². The SMILES string of the molecule is O=S(=O)(c1ccc(Br)s1)N1CCC(Oc2ccccn2)CC1. The number of rotatable bonds is 4. The second kappa shape index (κ2) is 6.66. The lowest BCUT2D eigenvalue weighted by molar-refractivity contribution is 0.130. The zero-order valence-electron chi connectivity index (χ0n) is 11.7. The minimum absolute atomic E-state index is 0.0106. The maximum atomic E-state index is 12.5. The van der Waals surface area contributed by atoms with Crippen LogP contribution in [0.5, 0.6) is 5.88 Å². The van der Waals surface area contributed by atoms with E-state index in [1.807, 2.05) is 18.2 Å². The summed E-state index contributed by atoms with van der Waals surface area (Å²) in [5.74, 6) is 0.589. The third-order valence-corrected chi connectivity index (χ3v) is 7.46. The number of pyridine rings is 1. The molecule has 0 radical (unpaired) electrons. The van der Waals surface area contributed by atoms with Gasteiger partial charge in [0.25, 0.3) is 10.0 Å². The standard InChI is InChI=1S/C14H15BrN2O3S2/c15-12-4-5-14(21-12)22(18,19)17-9-6-11(7-10-17)20-13-3-1-2-8-16-13/h1-5,8,11H,6-7,9-10H2. The fourth-order valence-corrected chi connectivity index (χ4v) is 5.98. The van der Waals surface area contributed by atoms with Crippen LogP contribution in [0.1, 0.15) is 12.8 Å². The van der Waals surface area contributed by atoms with Crippen molar-refractivity contribution in [1.82, 2.24) is 9.29 Å². The third-order valence-electron chi connectivity index (χ3n) is 3.47. The molecule has 8 heteroatoms. The van der Waals surface area contributed by atoms with E-state index in [0.29, 0.717) is 36.0 Å². The van der Waals surface area contributed by atoms with Crippen molar-refractivity contribution in [3.63, 3.8) is 0 Å². The van der Waals surface area contributed by atoms with Crippen molar-refractivity contribution in [2.75, 3.05) is 13.1 Å². The summed E-state index contributed by atoms with van der Waals surface area (Å²) in [6, 6.07) is 8.92. The Hall–Kier alpha value is -0.960. The highest BCUT2D eigenvalue weighted by Crippen LogP contribution is 2.30. The van der Waals surface area contributed by atoms with Crippen molar-refractivity contribution in [3.8, 4) is 5.88 Å². The Kier molecular flexibility index (Phi) is 4.82. The van der Waals surface area contributed by atoms with Crippen molar-refractivity contribution in [2.45, 2.75) is 23.2 Å². The number of sulfonamides is 1. The Bertz CT molecular complexity index is 726. The van der Waals surface area contributed by atoms with E-state index in [0.717, 1.165) is 3.79 Å². The molecule has 3 rings (SSSR count). The first-order valence-electron chi connectivity index (χ1n) is 6.89. The number of ether oxygens (including phenoxy) is 1. The van der Waals surface area contributed by atoms with Crippen molar-refractivity contribution >= 4 is 37.3 Å². The molecule has 1 aliphatic rings. The van der Waals surface area contributed by atoms with Gasteiger partial charge in [0.2, 0.25) is 5.88 Å². The molecule has 0 saturated carbocycles. The van der Waals surface area contributed by atoms with Gasteiger partial charge in [0.1, 0.15) is 10.3 Å². The molecule has 1 aliphatic heterocycles. The summed E-state index contributed by atoms with van der Waals surface area (Å²) in [5, 5.41) is 0. The van der Waals surface area contributed by atoms with Gasteiger partial charge in [-0.15, -0.1) is 11.3 Å². The summed E-state index contributed by atoms with van der Waals surface area (Å²) in [6.07, 6.45) is 3.03. The van der Waals surface area contributed by atoms with Gasteiger partial charge in [0.15, 0.2) is 0 Å². The summed E-state index contributed by atoms with van der Waals surface area (Å²) in [6.45, 7) is 0.935. The Balaban J connectivity index is 1.62. The van der Waals surface area contributed by atoms with Crippen LogP contribution in [0.3, 0.4) is 0 Å². The van der Waals surface area contributed by atoms with Crippen LogP contribution in [0.15, 0.2) is 44.5 Å². The Labute approximate surface area is 142 Å². The molecule has 118 valence electrons. The zero-order chi connectivity index (χ0) is 15.6. The number of hydrogen-bond donors (Lipinski definition) is 0. The van der Waals surface area contributed by atoms with Gasteiger partial charge < -0.3 is 4.74 Å². The lowest BCUT2D eigenvalue weighted by Gasteiger charge is -2.30. The van der Waals surface area contributed by atoms with Gasteiger partial charge in [-0.3, -0.25) is 0 Å². The Morgan fingerprint density at radius 1 is 1.23 bits per heavy atom. The highest BCUT2D eigenvalue weighted by atomic mass is 79.9. The van der Waals surface area contributed by atoms with E-state index in [-0.39, 0.29) is 6.10 Å². The molecule has 2 aromatic rings. The van der Waals surface area contributed by atoms with Gasteiger partial charge in [0, 0.05) is 25.4 Å². The van der Waals surface area contributed by atoms with E-state index >= 15 is 0 Å². The van der Waals surface area contributed by atoms with Gasteiger partial charge in [-0.2, -0.15) is 4.31 Å². The summed E-state index contributed by atoms with van der Waals surface area (Å²) in [4.78, 5) is 4.13. The predicted molar refractivity (Wildman–Crippen MR) is 88.7 cm³/mol. The second-order valence-electron chi connectivity index (χ2n) is 4.95. The summed E-state index contributed by atoms with van der Waals surface area (Å²) in [7, 11) is -3.39. The molecule has 0 amide bonds. The fourth-order valence-electron chi connectivity index (χ4n) is 2.34. The number of halogens is 1. The molecule has 1 fully saturated rings. The summed E-state index contributed by atoms with van der Waals surface area (Å²) in [5.41, 5.74) is 0. The van der Waals surface area contributed by atoms with Crippen LogP contribution in [0.4, 0.5) is 0 Å². The van der Waals surface area contributed by atoms with Gasteiger partial charge in [-0.1, -0.05) is 6.07 Å². The largest absolute Gasteiger partial charge is 0.474 e. The maximum absolute atomic E-state index is 12.5. The van der Waals surface area contributed by atoms with Gasteiger partial charge >= 0.3 is 0 Å². The van der Waals surface area contributed by atoms with E-state index < -0.39 is 10.0 Å². The molecular weight excluding hydrogens is 388 g/mol. The number of piperidine rings is 1. The molecule has 0 aromatic carbocycles. The lowest BCUT2D eigenvalue weighted by atomic mass is 10.1. The normalized spacial score (nSPS) is 17.5. The highest BCUT2D eigenvalue weighted by Gasteiger charge is 2.31. The molecule has 22 heavy (non-hydrogen) atoms. The number of nitrogens with zero attached hydrogens (tertiary/aromatic N) is 2. The van der Waals surface area contributed by atoms with Crippen LogP contribution in [0.2, 0.25) is 0 Å². The summed E-state index contributed by atoms with van der Waals surface area (Å²) < 4.78 is 33.6. The average molecular weight is 403 g/mol. The minimum Gasteiger partial charge on any atom is -0.474 e. The molecule has 1 saturated heterocycles. The van der Waals surface area contributed by atoms with Crippen LogP contribution < -0.4 is 4.74 Å². The monoisotopic (exact) mass is 402 g/mol. The lowest BCUT2D eigenvalue weighted by Crippen LogP contribution is -2.41. The average Bonchev–Trinajstić information content (AvgIpc) is 2.96. The third kappa shape index (κ3) is 3.51. The molecule has 0 aliphatic carbocycles. The highest BCUT2D eigenvalue weighted by molar-refractivity contribution is 9.11. The zero-order valence-corrected chi connectivity index (χ0v) is 14.9. The molecule has 0 N–H and O–H groups in total. The molecule has 5 nitrogen and oxygen atoms in total. The summed E-state index contributed by atoms with van der Waals surface area (Å²) >= 11 is 4.54. The van der Waals surface area contributed by atoms with E-state index in [9.17, 15) is 8.42 Å². The van der Waals surface area contributed by atoms with Gasteiger partial charge in [-0.05, 0) is 47.0 Å². The topological polar surface area (TPSA) is 59.5 Å². The predicted octanol–water partition coefficient (Wildman–Crippen LogP) is 3.14. The molecule has 0 bridgehead atoms. The van der Waals surface area contributed by atoms with Crippen molar-refractivity contribution in [1.29, 1.82) is 0 Å². The Morgan fingerprint density at radius 3 is 2.59 bits per heavy atom. The minimum atomic E-state index is -3.39. The molecule has 2 aromatic heterocycles. The smallest absolute Gasteiger partial charge is 0.252 e. The first-order valence-corrected chi connectivity index (χ1v) is 9.94. The maximum Gasteiger partial charge on any atom is 0.252 e. The number of hydrogen-bond acceptors (Lipinski definition) is 5. The van der Waals surface area contributed by atoms with Crippen molar-refractivity contribution in [2.24, 2.45) is 0 Å². The first-order chi connectivity index (χ1) is 10.6. The van der Waals surface area contributed by atoms with Gasteiger partial charge in [0.05, 0.1) is 3.79 Å². The van der Waals surface area contributed by atoms with Crippen LogP contribution >= 0.6 is 27.3 Å². The molecule has 3 heterocycles. The first kappa shape index (κ1) is 15.9. The molecule has 0 spiro atoms. The van der Waals surface area contributed by atoms with E-state index in [1.54, 1.807) is 18.3 Å². The van der Waals surface area contributed by atoms with Gasteiger partial charge in [-0.25, -0.2) is 13.4 Å².